The van der Waals surface area contributed by atoms with E-state index in [4.69, 9.17) is 15.5 Å². The van der Waals surface area contributed by atoms with Gasteiger partial charge in [0.05, 0.1) is 28.7 Å². The van der Waals surface area contributed by atoms with Crippen LogP contribution in [-0.2, 0) is 0 Å². The van der Waals surface area contributed by atoms with Crippen molar-refractivity contribution in [2.75, 3.05) is 18.2 Å². The van der Waals surface area contributed by atoms with Crippen LogP contribution in [0.5, 0.6) is 5.75 Å². The number of fused-ring (bicyclic) bond motifs is 2. The SMILES string of the molecule is COc1ccc(-c2ccc3c(N)c(C(=O)Nc4nc5ccc(C)cc5s4)sc3n2)cc1. The quantitative estimate of drug-likeness (QED) is 0.368. The predicted octanol–water partition coefficient (Wildman–Crippen LogP) is 5.72. The number of carbonyl (C=O) groups is 1. The second kappa shape index (κ2) is 7.64. The average molecular weight is 447 g/mol. The third kappa shape index (κ3) is 3.60. The van der Waals surface area contributed by atoms with Crippen molar-refractivity contribution in [3.8, 4) is 17.0 Å². The lowest BCUT2D eigenvalue weighted by Crippen LogP contribution is -2.11. The molecule has 0 unspecified atom stereocenters. The van der Waals surface area contributed by atoms with Crippen LogP contribution in [0.25, 0.3) is 31.7 Å². The zero-order valence-corrected chi connectivity index (χ0v) is 18.4. The van der Waals surface area contributed by atoms with Gasteiger partial charge in [-0.05, 0) is 61.0 Å². The molecule has 0 fully saturated rings. The molecule has 5 aromatic rings. The smallest absolute Gasteiger partial charge is 0.269 e. The second-order valence-corrected chi connectivity index (χ2v) is 9.10. The number of hydrogen-bond donors (Lipinski definition) is 2. The molecular weight excluding hydrogens is 428 g/mol. The lowest BCUT2D eigenvalue weighted by Gasteiger charge is -2.03. The van der Waals surface area contributed by atoms with Gasteiger partial charge >= 0.3 is 0 Å². The van der Waals surface area contributed by atoms with Gasteiger partial charge in [0.1, 0.15) is 15.5 Å². The molecule has 0 spiro atoms. The van der Waals surface area contributed by atoms with E-state index >= 15 is 0 Å². The molecule has 0 bridgehead atoms. The standard InChI is InChI=1S/C23H18N4O2S2/c1-12-3-9-17-18(11-12)30-23(26-17)27-21(28)20-19(24)15-8-10-16(25-22(15)31-20)13-4-6-14(29-2)7-5-13/h3-11H,24H2,1-2H3,(H,26,27,28). The van der Waals surface area contributed by atoms with Crippen molar-refractivity contribution in [2.45, 2.75) is 6.92 Å². The highest BCUT2D eigenvalue weighted by Crippen LogP contribution is 2.35. The Morgan fingerprint density at radius 3 is 2.61 bits per heavy atom. The molecule has 3 heterocycles. The van der Waals surface area contributed by atoms with Gasteiger partial charge in [0, 0.05) is 10.9 Å². The number of aromatic nitrogens is 2. The maximum absolute atomic E-state index is 12.9. The van der Waals surface area contributed by atoms with E-state index in [1.54, 1.807) is 7.11 Å². The Labute approximate surface area is 186 Å². The Morgan fingerprint density at radius 2 is 1.84 bits per heavy atom. The molecule has 0 radical (unpaired) electrons. The summed E-state index contributed by atoms with van der Waals surface area (Å²) in [5.41, 5.74) is 10.5. The van der Waals surface area contributed by atoms with E-state index in [1.165, 1.54) is 22.7 Å². The van der Waals surface area contributed by atoms with Crippen LogP contribution in [-0.4, -0.2) is 23.0 Å². The Kier molecular flexibility index (Phi) is 4.80. The van der Waals surface area contributed by atoms with Gasteiger partial charge in [0.25, 0.3) is 5.91 Å². The van der Waals surface area contributed by atoms with Gasteiger partial charge in [-0.3, -0.25) is 10.1 Å². The molecular formula is C23H18N4O2S2. The van der Waals surface area contributed by atoms with E-state index in [1.807, 2.05) is 55.5 Å². The van der Waals surface area contributed by atoms with Crippen LogP contribution in [0.1, 0.15) is 15.2 Å². The highest BCUT2D eigenvalue weighted by atomic mass is 32.1. The molecule has 0 saturated carbocycles. The minimum atomic E-state index is -0.276. The first-order valence-corrected chi connectivity index (χ1v) is 11.2. The normalized spacial score (nSPS) is 11.2. The number of hydrogen-bond acceptors (Lipinski definition) is 7. The van der Waals surface area contributed by atoms with E-state index < -0.39 is 0 Å². The molecule has 3 aromatic heterocycles. The van der Waals surface area contributed by atoms with Crippen LogP contribution in [0.2, 0.25) is 0 Å². The molecule has 0 saturated heterocycles. The number of thiazole rings is 1. The van der Waals surface area contributed by atoms with E-state index in [-0.39, 0.29) is 5.91 Å². The number of thiophene rings is 1. The molecule has 6 nitrogen and oxygen atoms in total. The number of nitrogens with two attached hydrogens (primary N) is 1. The summed E-state index contributed by atoms with van der Waals surface area (Å²) in [7, 11) is 1.63. The molecule has 0 atom stereocenters. The minimum absolute atomic E-state index is 0.276. The van der Waals surface area contributed by atoms with Crippen LogP contribution >= 0.6 is 22.7 Å². The summed E-state index contributed by atoms with van der Waals surface area (Å²) in [5, 5.41) is 4.21. The highest BCUT2D eigenvalue weighted by molar-refractivity contribution is 7.23. The van der Waals surface area contributed by atoms with Crippen LogP contribution < -0.4 is 15.8 Å². The van der Waals surface area contributed by atoms with E-state index in [2.05, 4.69) is 16.4 Å². The average Bonchev–Trinajstić information content (AvgIpc) is 3.33. The Morgan fingerprint density at radius 1 is 1.03 bits per heavy atom. The molecule has 5 rings (SSSR count). The zero-order chi connectivity index (χ0) is 21.5. The van der Waals surface area contributed by atoms with E-state index in [0.717, 1.165) is 43.0 Å². The van der Waals surface area contributed by atoms with Gasteiger partial charge in [-0.1, -0.05) is 17.4 Å². The van der Waals surface area contributed by atoms with E-state index in [9.17, 15) is 4.79 Å². The molecule has 0 aliphatic rings. The van der Waals surface area contributed by atoms with Gasteiger partial charge in [-0.2, -0.15) is 0 Å². The summed E-state index contributed by atoms with van der Waals surface area (Å²) in [4.78, 5) is 23.3. The van der Waals surface area contributed by atoms with Crippen LogP contribution in [0.4, 0.5) is 10.8 Å². The summed E-state index contributed by atoms with van der Waals surface area (Å²) >= 11 is 2.73. The number of amides is 1. The Balaban J connectivity index is 1.45. The molecule has 0 aliphatic heterocycles. The molecule has 0 aliphatic carbocycles. The van der Waals surface area contributed by atoms with Crippen molar-refractivity contribution in [1.82, 2.24) is 9.97 Å². The third-order valence-corrected chi connectivity index (χ3v) is 7.00. The van der Waals surface area contributed by atoms with Crippen molar-refractivity contribution in [1.29, 1.82) is 0 Å². The predicted molar refractivity (Wildman–Crippen MR) is 128 cm³/mol. The van der Waals surface area contributed by atoms with Crippen molar-refractivity contribution in [3.63, 3.8) is 0 Å². The number of nitrogens with one attached hydrogen (secondary N) is 1. The number of aryl methyl sites for hydroxylation is 1. The summed E-state index contributed by atoms with van der Waals surface area (Å²) in [6.45, 7) is 2.03. The van der Waals surface area contributed by atoms with E-state index in [0.29, 0.717) is 15.7 Å². The Hall–Kier alpha value is -3.49. The van der Waals surface area contributed by atoms with Gasteiger partial charge < -0.3 is 10.5 Å². The van der Waals surface area contributed by atoms with Crippen LogP contribution in [0.3, 0.4) is 0 Å². The molecule has 3 N–H and O–H groups in total. The number of nitrogens with zero attached hydrogens (tertiary/aromatic N) is 2. The van der Waals surface area contributed by atoms with Crippen molar-refractivity contribution < 1.29 is 9.53 Å². The first-order chi connectivity index (χ1) is 15.0. The summed E-state index contributed by atoms with van der Waals surface area (Å²) in [6, 6.07) is 17.5. The fraction of sp³-hybridized carbons (Fsp3) is 0.0870. The molecule has 2 aromatic carbocycles. The number of rotatable bonds is 4. The summed E-state index contributed by atoms with van der Waals surface area (Å²) in [6.07, 6.45) is 0. The molecule has 31 heavy (non-hydrogen) atoms. The monoisotopic (exact) mass is 446 g/mol. The lowest BCUT2D eigenvalue weighted by molar-refractivity contribution is 0.103. The lowest BCUT2D eigenvalue weighted by atomic mass is 10.1. The largest absolute Gasteiger partial charge is 0.497 e. The number of methoxy groups -OCH3 is 1. The van der Waals surface area contributed by atoms with Gasteiger partial charge in [0.15, 0.2) is 5.13 Å². The maximum atomic E-state index is 12.9. The summed E-state index contributed by atoms with van der Waals surface area (Å²) in [5.74, 6) is 0.511. The molecule has 1 amide bonds. The van der Waals surface area contributed by atoms with Gasteiger partial charge in [0.2, 0.25) is 0 Å². The number of pyridine rings is 1. The fourth-order valence-electron chi connectivity index (χ4n) is 3.33. The molecule has 8 heteroatoms. The van der Waals surface area contributed by atoms with Crippen molar-refractivity contribution in [3.05, 3.63) is 65.0 Å². The fourth-order valence-corrected chi connectivity index (χ4v) is 5.28. The minimum Gasteiger partial charge on any atom is -0.497 e. The number of nitrogen functional groups attached to an aromatic ring is 1. The number of carbonyl (C=O) groups excluding carboxylic acids is 1. The first-order valence-electron chi connectivity index (χ1n) is 9.54. The number of ether oxygens (including phenoxy) is 1. The molecule has 154 valence electrons. The highest BCUT2D eigenvalue weighted by Gasteiger charge is 2.19. The van der Waals surface area contributed by atoms with Crippen molar-refractivity contribution >= 4 is 59.8 Å². The first kappa shape index (κ1) is 19.5. The van der Waals surface area contributed by atoms with Crippen molar-refractivity contribution in [2.24, 2.45) is 0 Å². The van der Waals surface area contributed by atoms with Gasteiger partial charge in [-0.15, -0.1) is 11.3 Å². The summed E-state index contributed by atoms with van der Waals surface area (Å²) < 4.78 is 6.24. The number of benzene rings is 2. The number of anilines is 2. The van der Waals surface area contributed by atoms with Crippen LogP contribution in [0.15, 0.2) is 54.6 Å². The zero-order valence-electron chi connectivity index (χ0n) is 16.8. The topological polar surface area (TPSA) is 90.1 Å². The second-order valence-electron chi connectivity index (χ2n) is 7.07. The maximum Gasteiger partial charge on any atom is 0.269 e. The van der Waals surface area contributed by atoms with Gasteiger partial charge in [-0.25, -0.2) is 9.97 Å². The third-order valence-electron chi connectivity index (χ3n) is 4.95. The van der Waals surface area contributed by atoms with Crippen LogP contribution in [0, 0.1) is 6.92 Å². The Bertz CT molecular complexity index is 1440.